The second kappa shape index (κ2) is 12.5. The van der Waals surface area contributed by atoms with Crippen LogP contribution in [0.25, 0.3) is 0 Å². The van der Waals surface area contributed by atoms with Crippen LogP contribution in [0.15, 0.2) is 12.2 Å². The van der Waals surface area contributed by atoms with Gasteiger partial charge in [-0.3, -0.25) is 14.4 Å². The van der Waals surface area contributed by atoms with Crippen molar-refractivity contribution in [1.82, 2.24) is 10.2 Å². The lowest BCUT2D eigenvalue weighted by Gasteiger charge is -2.34. The maximum absolute atomic E-state index is 13.7. The maximum atomic E-state index is 13.7. The number of fused-ring (bicyclic) bond motifs is 1. The van der Waals surface area contributed by atoms with E-state index in [9.17, 15) is 14.4 Å². The number of likely N-dealkylation sites (tertiary alicyclic amines) is 1. The minimum absolute atomic E-state index is 0.0457. The quantitative estimate of drug-likeness (QED) is 0.279. The molecule has 0 bridgehead atoms. The van der Waals surface area contributed by atoms with E-state index in [1.807, 2.05) is 6.08 Å². The third kappa shape index (κ3) is 5.97. The van der Waals surface area contributed by atoms with Gasteiger partial charge in [-0.05, 0) is 51.4 Å². The summed E-state index contributed by atoms with van der Waals surface area (Å²) in [7, 11) is 0. The van der Waals surface area contributed by atoms with Crippen molar-refractivity contribution in [3.63, 3.8) is 0 Å². The first-order valence-electron chi connectivity index (χ1n) is 13.1. The Bertz CT molecular complexity index is 703. The molecule has 2 fully saturated rings. The number of allylic oxidation sites excluding steroid dienone is 1. The lowest BCUT2D eigenvalue weighted by molar-refractivity contribution is -0.155. The van der Waals surface area contributed by atoms with Crippen LogP contribution in [0.4, 0.5) is 0 Å². The highest BCUT2D eigenvalue weighted by atomic mass is 16.5. The van der Waals surface area contributed by atoms with E-state index in [4.69, 9.17) is 9.84 Å². The zero-order chi connectivity index (χ0) is 23.8. The van der Waals surface area contributed by atoms with Crippen molar-refractivity contribution >= 4 is 17.8 Å². The molecule has 33 heavy (non-hydrogen) atoms. The Morgan fingerprint density at radius 1 is 1.12 bits per heavy atom. The number of rotatable bonds is 11. The van der Waals surface area contributed by atoms with E-state index in [-0.39, 0.29) is 48.9 Å². The SMILES string of the molecule is CCC[C@@H]1C=C[C@H]2[C@H](C(=O)N(CCCCCO)[C@@H]2C(=O)NC2CCCCC2)[C@@H]1C(=O)OCC. The average molecular weight is 463 g/mol. The van der Waals surface area contributed by atoms with Crippen LogP contribution in [0.5, 0.6) is 0 Å². The van der Waals surface area contributed by atoms with E-state index in [1.54, 1.807) is 11.8 Å². The smallest absolute Gasteiger partial charge is 0.310 e. The van der Waals surface area contributed by atoms with Gasteiger partial charge in [0.1, 0.15) is 6.04 Å². The number of aliphatic hydroxyl groups is 1. The molecule has 186 valence electrons. The Hall–Kier alpha value is -1.89. The van der Waals surface area contributed by atoms with Crippen LogP contribution in [0.3, 0.4) is 0 Å². The molecule has 1 saturated heterocycles. The number of carbonyl (C=O) groups is 3. The number of unbranched alkanes of at least 4 members (excludes halogenated alkanes) is 2. The van der Waals surface area contributed by atoms with Crippen LogP contribution >= 0.6 is 0 Å². The first kappa shape index (κ1) is 25.7. The molecule has 3 rings (SSSR count). The van der Waals surface area contributed by atoms with Gasteiger partial charge in [-0.15, -0.1) is 0 Å². The summed E-state index contributed by atoms with van der Waals surface area (Å²) in [6, 6.07) is -0.424. The summed E-state index contributed by atoms with van der Waals surface area (Å²) in [4.78, 5) is 42.0. The number of nitrogens with zero attached hydrogens (tertiary/aromatic N) is 1. The predicted octanol–water partition coefficient (Wildman–Crippen LogP) is 3.21. The first-order chi connectivity index (χ1) is 16.0. The third-order valence-electron chi connectivity index (χ3n) is 7.57. The van der Waals surface area contributed by atoms with Gasteiger partial charge in [-0.25, -0.2) is 0 Å². The molecule has 1 saturated carbocycles. The van der Waals surface area contributed by atoms with Crippen molar-refractivity contribution in [2.24, 2.45) is 23.7 Å². The number of esters is 1. The molecule has 0 aromatic carbocycles. The Balaban J connectivity index is 1.87. The van der Waals surface area contributed by atoms with E-state index in [2.05, 4.69) is 18.3 Å². The number of nitrogens with one attached hydrogen (secondary N) is 1. The molecule has 3 aliphatic rings. The zero-order valence-corrected chi connectivity index (χ0v) is 20.3. The zero-order valence-electron chi connectivity index (χ0n) is 20.3. The Morgan fingerprint density at radius 2 is 1.88 bits per heavy atom. The Labute approximate surface area is 198 Å². The van der Waals surface area contributed by atoms with Crippen LogP contribution in [0.2, 0.25) is 0 Å². The second-order valence-corrected chi connectivity index (χ2v) is 9.82. The van der Waals surface area contributed by atoms with Gasteiger partial charge in [0.25, 0.3) is 0 Å². The molecular formula is C26H42N2O5. The summed E-state index contributed by atoms with van der Waals surface area (Å²) >= 11 is 0. The Morgan fingerprint density at radius 3 is 2.55 bits per heavy atom. The molecule has 1 heterocycles. The fourth-order valence-electron chi connectivity index (χ4n) is 6.01. The van der Waals surface area contributed by atoms with E-state index in [1.165, 1.54) is 6.42 Å². The number of aliphatic hydroxyl groups excluding tert-OH is 1. The minimum atomic E-state index is -0.589. The average Bonchev–Trinajstić information content (AvgIpc) is 3.09. The number of hydrogen-bond donors (Lipinski definition) is 2. The van der Waals surface area contributed by atoms with Crippen molar-refractivity contribution in [3.05, 3.63) is 12.2 Å². The van der Waals surface area contributed by atoms with Crippen LogP contribution < -0.4 is 5.32 Å². The fraction of sp³-hybridized carbons (Fsp3) is 0.808. The largest absolute Gasteiger partial charge is 0.466 e. The van der Waals surface area contributed by atoms with Crippen molar-refractivity contribution in [2.75, 3.05) is 19.8 Å². The van der Waals surface area contributed by atoms with Crippen LogP contribution in [-0.2, 0) is 19.1 Å². The number of amides is 2. The lowest BCUT2D eigenvalue weighted by atomic mass is 9.68. The normalized spacial score (nSPS) is 29.7. The van der Waals surface area contributed by atoms with E-state index in [0.29, 0.717) is 13.0 Å². The van der Waals surface area contributed by atoms with E-state index in [0.717, 1.165) is 51.4 Å². The number of carbonyl (C=O) groups excluding carboxylic acids is 3. The van der Waals surface area contributed by atoms with Gasteiger partial charge in [0, 0.05) is 25.1 Å². The molecule has 0 aromatic heterocycles. The highest BCUT2D eigenvalue weighted by molar-refractivity contribution is 5.96. The topological polar surface area (TPSA) is 95.9 Å². The van der Waals surface area contributed by atoms with Crippen molar-refractivity contribution in [1.29, 1.82) is 0 Å². The van der Waals surface area contributed by atoms with Gasteiger partial charge in [0.05, 0.1) is 18.4 Å². The molecule has 1 aliphatic heterocycles. The van der Waals surface area contributed by atoms with Gasteiger partial charge in [-0.2, -0.15) is 0 Å². The van der Waals surface area contributed by atoms with Crippen molar-refractivity contribution < 1.29 is 24.2 Å². The summed E-state index contributed by atoms with van der Waals surface area (Å²) < 4.78 is 5.41. The van der Waals surface area contributed by atoms with Gasteiger partial charge in [-0.1, -0.05) is 44.8 Å². The standard InChI is InChI=1S/C26H42N2O5/c1-3-11-18-14-15-20-22(21(18)26(32)33-4-2)25(31)28(16-9-6-10-17-29)23(20)24(30)27-19-12-7-5-8-13-19/h14-15,18-23,29H,3-13,16-17H2,1-2H3,(H,27,30)/t18-,20+,21-,22+,23+/m1/s1. The molecule has 0 spiro atoms. The van der Waals surface area contributed by atoms with Crippen LogP contribution in [0.1, 0.15) is 78.1 Å². The molecule has 7 nitrogen and oxygen atoms in total. The molecule has 0 radical (unpaired) electrons. The fourth-order valence-corrected chi connectivity index (χ4v) is 6.01. The second-order valence-electron chi connectivity index (χ2n) is 9.82. The molecular weight excluding hydrogens is 420 g/mol. The molecule has 0 unspecified atom stereocenters. The van der Waals surface area contributed by atoms with Gasteiger partial charge in [0.2, 0.25) is 11.8 Å². The maximum Gasteiger partial charge on any atom is 0.310 e. The van der Waals surface area contributed by atoms with Crippen LogP contribution in [-0.4, -0.2) is 59.6 Å². The van der Waals surface area contributed by atoms with Crippen molar-refractivity contribution in [2.45, 2.75) is 90.1 Å². The monoisotopic (exact) mass is 462 g/mol. The molecule has 2 amide bonds. The van der Waals surface area contributed by atoms with Crippen LogP contribution in [0, 0.1) is 23.7 Å². The first-order valence-corrected chi connectivity index (χ1v) is 13.1. The Kier molecular flexibility index (Phi) is 9.78. The van der Waals surface area contributed by atoms with E-state index < -0.39 is 17.9 Å². The molecule has 2 aliphatic carbocycles. The van der Waals surface area contributed by atoms with Crippen molar-refractivity contribution in [3.8, 4) is 0 Å². The third-order valence-corrected chi connectivity index (χ3v) is 7.57. The minimum Gasteiger partial charge on any atom is -0.466 e. The molecule has 0 aromatic rings. The summed E-state index contributed by atoms with van der Waals surface area (Å²) in [5.74, 6) is -1.97. The summed E-state index contributed by atoms with van der Waals surface area (Å²) in [6.07, 6.45) is 13.4. The molecule has 2 N–H and O–H groups in total. The van der Waals surface area contributed by atoms with Gasteiger partial charge < -0.3 is 20.1 Å². The highest BCUT2D eigenvalue weighted by Crippen LogP contribution is 2.45. The highest BCUT2D eigenvalue weighted by Gasteiger charge is 2.57. The molecule has 7 heteroatoms. The lowest BCUT2D eigenvalue weighted by Crippen LogP contribution is -2.50. The van der Waals surface area contributed by atoms with E-state index >= 15 is 0 Å². The summed E-state index contributed by atoms with van der Waals surface area (Å²) in [5, 5.41) is 12.4. The summed E-state index contributed by atoms with van der Waals surface area (Å²) in [5.41, 5.74) is 0. The number of ether oxygens (including phenoxy) is 1. The summed E-state index contributed by atoms with van der Waals surface area (Å²) in [6.45, 7) is 4.73. The van der Waals surface area contributed by atoms with Gasteiger partial charge >= 0.3 is 5.97 Å². The van der Waals surface area contributed by atoms with Gasteiger partial charge in [0.15, 0.2) is 0 Å². The molecule has 5 atom stereocenters. The predicted molar refractivity (Wildman–Crippen MR) is 126 cm³/mol. The number of hydrogen-bond acceptors (Lipinski definition) is 5.